The number of hydrogen-bond acceptors (Lipinski definition) is 6. The summed E-state index contributed by atoms with van der Waals surface area (Å²) in [5, 5.41) is 3.29. The maximum absolute atomic E-state index is 12.9. The Labute approximate surface area is 214 Å². The van der Waals surface area contributed by atoms with Crippen LogP contribution in [0.3, 0.4) is 0 Å². The molecule has 0 radical (unpaired) electrons. The van der Waals surface area contributed by atoms with Crippen LogP contribution in [0.25, 0.3) is 6.08 Å². The second kappa shape index (κ2) is 12.0. The van der Waals surface area contributed by atoms with E-state index in [0.717, 1.165) is 11.3 Å². The van der Waals surface area contributed by atoms with Crippen molar-refractivity contribution >= 4 is 47.0 Å². The molecule has 1 N–H and O–H groups in total. The first-order valence-electron chi connectivity index (χ1n) is 11.7. The number of hydrogen-bond donors (Lipinski definition) is 1. The number of anilines is 2. The highest BCUT2D eigenvalue weighted by Crippen LogP contribution is 2.24. The number of amides is 3. The van der Waals surface area contributed by atoms with Crippen LogP contribution in [0.2, 0.25) is 5.02 Å². The van der Waals surface area contributed by atoms with Crippen LogP contribution in [0.15, 0.2) is 54.6 Å². The van der Waals surface area contributed by atoms with E-state index >= 15 is 0 Å². The number of morpholine rings is 1. The molecule has 2 aliphatic rings. The zero-order valence-electron chi connectivity index (χ0n) is 19.9. The Morgan fingerprint density at radius 3 is 2.61 bits per heavy atom. The Bertz CT molecular complexity index is 1110. The second-order valence-electron chi connectivity index (χ2n) is 8.32. The molecule has 2 atom stereocenters. The normalized spacial score (nSPS) is 20.1. The van der Waals surface area contributed by atoms with Crippen molar-refractivity contribution in [1.29, 1.82) is 0 Å². The molecule has 0 spiro atoms. The number of rotatable bonds is 7. The van der Waals surface area contributed by atoms with Gasteiger partial charge in [-0.05, 0) is 55.0 Å². The van der Waals surface area contributed by atoms with E-state index in [9.17, 15) is 14.4 Å². The lowest BCUT2D eigenvalue weighted by atomic mass is 10.2. The molecular formula is C26H28ClN3O6. The lowest BCUT2D eigenvalue weighted by molar-refractivity contribution is -0.132. The average Bonchev–Trinajstić information content (AvgIpc) is 3.26. The van der Waals surface area contributed by atoms with Crippen molar-refractivity contribution in [2.75, 3.05) is 43.1 Å². The van der Waals surface area contributed by atoms with Gasteiger partial charge in [-0.15, -0.1) is 0 Å². The molecule has 2 aromatic rings. The summed E-state index contributed by atoms with van der Waals surface area (Å²) in [6.45, 7) is 3.70. The van der Waals surface area contributed by atoms with Crippen molar-refractivity contribution in [2.24, 2.45) is 0 Å². The third kappa shape index (κ3) is 6.63. The van der Waals surface area contributed by atoms with E-state index in [1.807, 2.05) is 6.92 Å². The number of likely N-dealkylation sites (tertiary alicyclic amines) is 1. The predicted octanol–water partition coefficient (Wildman–Crippen LogP) is 3.93. The molecule has 0 unspecified atom stereocenters. The molecule has 36 heavy (non-hydrogen) atoms. The van der Waals surface area contributed by atoms with E-state index in [0.29, 0.717) is 43.4 Å². The van der Waals surface area contributed by atoms with E-state index in [1.54, 1.807) is 59.5 Å². The quantitative estimate of drug-likeness (QED) is 0.563. The highest BCUT2D eigenvalue weighted by Gasteiger charge is 2.37. The van der Waals surface area contributed by atoms with Gasteiger partial charge in [0.15, 0.2) is 6.23 Å². The first-order chi connectivity index (χ1) is 17.4. The fourth-order valence-corrected chi connectivity index (χ4v) is 4.21. The average molecular weight is 514 g/mol. The lowest BCUT2D eigenvalue weighted by Crippen LogP contribution is -2.41. The molecule has 9 nitrogen and oxygen atoms in total. The van der Waals surface area contributed by atoms with E-state index in [-0.39, 0.29) is 24.5 Å². The summed E-state index contributed by atoms with van der Waals surface area (Å²) < 4.78 is 16.4. The zero-order chi connectivity index (χ0) is 25.5. The molecule has 4 rings (SSSR count). The van der Waals surface area contributed by atoms with Crippen molar-refractivity contribution in [1.82, 2.24) is 4.90 Å². The minimum atomic E-state index is -0.769. The third-order valence-electron chi connectivity index (χ3n) is 5.84. The summed E-state index contributed by atoms with van der Waals surface area (Å²) in [5.74, 6) is -0.397. The fraction of sp³-hybridized carbons (Fsp3) is 0.346. The standard InChI is InChI=1S/C26H28ClN3O6/c1-2-35-22-15-25(30(16-22)23(31)12-5-18-3-6-19(27)7-4-18)36-26(33)28-20-8-10-21(11-9-20)29-13-14-34-17-24(29)32/h3-12,22,25H,2,13-17H2,1H3,(H,28,33)/t22-,25-/m1/s1. The summed E-state index contributed by atoms with van der Waals surface area (Å²) >= 11 is 5.91. The largest absolute Gasteiger partial charge is 0.425 e. The van der Waals surface area contributed by atoms with Crippen molar-refractivity contribution in [2.45, 2.75) is 25.7 Å². The van der Waals surface area contributed by atoms with Gasteiger partial charge in [0.1, 0.15) is 6.61 Å². The Morgan fingerprint density at radius 2 is 1.92 bits per heavy atom. The number of carbonyl (C=O) groups is 3. The van der Waals surface area contributed by atoms with Gasteiger partial charge in [0, 0.05) is 42.0 Å². The molecule has 0 aromatic heterocycles. The van der Waals surface area contributed by atoms with E-state index in [4.69, 9.17) is 25.8 Å². The summed E-state index contributed by atoms with van der Waals surface area (Å²) in [6.07, 6.45) is 1.81. The van der Waals surface area contributed by atoms with Gasteiger partial charge < -0.3 is 24.0 Å². The summed E-state index contributed by atoms with van der Waals surface area (Å²) in [6, 6.07) is 14.0. The van der Waals surface area contributed by atoms with Crippen LogP contribution in [-0.4, -0.2) is 68.0 Å². The number of carbonyl (C=O) groups excluding carboxylic acids is 3. The van der Waals surface area contributed by atoms with Gasteiger partial charge >= 0.3 is 6.09 Å². The Hall–Kier alpha value is -3.40. The van der Waals surface area contributed by atoms with Gasteiger partial charge in [0.25, 0.3) is 5.91 Å². The molecule has 2 aromatic carbocycles. The lowest BCUT2D eigenvalue weighted by Gasteiger charge is -2.27. The number of halogens is 1. The minimum absolute atomic E-state index is 0.0561. The number of nitrogens with zero attached hydrogens (tertiary/aromatic N) is 2. The van der Waals surface area contributed by atoms with Crippen LogP contribution in [0, 0.1) is 0 Å². The van der Waals surface area contributed by atoms with Crippen molar-refractivity contribution in [3.8, 4) is 0 Å². The highest BCUT2D eigenvalue weighted by molar-refractivity contribution is 6.30. The van der Waals surface area contributed by atoms with Gasteiger partial charge in [0.05, 0.1) is 19.3 Å². The molecule has 190 valence electrons. The zero-order valence-corrected chi connectivity index (χ0v) is 20.6. The molecule has 2 fully saturated rings. The minimum Gasteiger partial charge on any atom is -0.425 e. The maximum atomic E-state index is 12.9. The van der Waals surface area contributed by atoms with Crippen LogP contribution in [0.4, 0.5) is 16.2 Å². The molecular weight excluding hydrogens is 486 g/mol. The highest BCUT2D eigenvalue weighted by atomic mass is 35.5. The topological polar surface area (TPSA) is 97.4 Å². The number of ether oxygens (including phenoxy) is 3. The van der Waals surface area contributed by atoms with Gasteiger partial charge in [-0.25, -0.2) is 4.79 Å². The van der Waals surface area contributed by atoms with E-state index < -0.39 is 12.3 Å². The molecule has 0 bridgehead atoms. The maximum Gasteiger partial charge on any atom is 0.413 e. The van der Waals surface area contributed by atoms with Gasteiger partial charge in [0.2, 0.25) is 5.91 Å². The van der Waals surface area contributed by atoms with Crippen molar-refractivity contribution in [3.63, 3.8) is 0 Å². The fourth-order valence-electron chi connectivity index (χ4n) is 4.09. The van der Waals surface area contributed by atoms with Crippen LogP contribution >= 0.6 is 11.6 Å². The third-order valence-corrected chi connectivity index (χ3v) is 6.09. The Balaban J connectivity index is 1.37. The monoisotopic (exact) mass is 513 g/mol. The number of benzene rings is 2. The first-order valence-corrected chi connectivity index (χ1v) is 12.1. The van der Waals surface area contributed by atoms with E-state index in [2.05, 4.69) is 5.32 Å². The summed E-state index contributed by atoms with van der Waals surface area (Å²) in [4.78, 5) is 40.7. The van der Waals surface area contributed by atoms with Crippen molar-refractivity contribution in [3.05, 3.63) is 65.2 Å². The van der Waals surface area contributed by atoms with Gasteiger partial charge in [-0.1, -0.05) is 23.7 Å². The Kier molecular flexibility index (Phi) is 8.58. The van der Waals surface area contributed by atoms with Crippen molar-refractivity contribution < 1.29 is 28.6 Å². The van der Waals surface area contributed by atoms with Crippen LogP contribution in [0.1, 0.15) is 18.9 Å². The molecule has 10 heteroatoms. The molecule has 2 aliphatic heterocycles. The summed E-state index contributed by atoms with van der Waals surface area (Å²) in [7, 11) is 0. The smallest absolute Gasteiger partial charge is 0.413 e. The Morgan fingerprint density at radius 1 is 1.17 bits per heavy atom. The molecule has 2 heterocycles. The first kappa shape index (κ1) is 25.7. The molecule has 0 saturated carbocycles. The van der Waals surface area contributed by atoms with Gasteiger partial charge in [-0.2, -0.15) is 0 Å². The van der Waals surface area contributed by atoms with E-state index in [1.165, 1.54) is 11.0 Å². The predicted molar refractivity (Wildman–Crippen MR) is 136 cm³/mol. The SMILES string of the molecule is CCO[C@@H]1C[C@@H](OC(=O)Nc2ccc(N3CCOCC3=O)cc2)N(C(=O)C=Cc2ccc(Cl)cc2)C1. The molecule has 3 amide bonds. The van der Waals surface area contributed by atoms with Crippen LogP contribution < -0.4 is 10.2 Å². The number of nitrogens with one attached hydrogen (secondary N) is 1. The second-order valence-corrected chi connectivity index (χ2v) is 8.75. The molecule has 2 saturated heterocycles. The van der Waals surface area contributed by atoms with Crippen LogP contribution in [0.5, 0.6) is 0 Å². The van der Waals surface area contributed by atoms with Crippen LogP contribution in [-0.2, 0) is 23.8 Å². The van der Waals surface area contributed by atoms with Gasteiger partial charge in [-0.3, -0.25) is 14.9 Å². The molecule has 0 aliphatic carbocycles. The summed E-state index contributed by atoms with van der Waals surface area (Å²) in [5.41, 5.74) is 2.05.